The summed E-state index contributed by atoms with van der Waals surface area (Å²) in [5, 5.41) is 12.2. The smallest absolute Gasteiger partial charge is 0.417 e. The van der Waals surface area contributed by atoms with Gasteiger partial charge < -0.3 is 19.4 Å². The van der Waals surface area contributed by atoms with Gasteiger partial charge in [-0.2, -0.15) is 18.4 Å². The van der Waals surface area contributed by atoms with Crippen LogP contribution in [-0.2, 0) is 22.3 Å². The minimum absolute atomic E-state index is 0.0203. The molecule has 0 saturated heterocycles. The van der Waals surface area contributed by atoms with Crippen molar-refractivity contribution in [2.75, 3.05) is 7.11 Å². The van der Waals surface area contributed by atoms with E-state index >= 15 is 0 Å². The highest BCUT2D eigenvalue weighted by molar-refractivity contribution is 5.97. The zero-order chi connectivity index (χ0) is 34.5. The van der Waals surface area contributed by atoms with E-state index in [0.29, 0.717) is 29.0 Å². The summed E-state index contributed by atoms with van der Waals surface area (Å²) in [6.45, 7) is 7.54. The lowest BCUT2D eigenvalue weighted by Gasteiger charge is -2.19. The number of benzene rings is 3. The number of amides is 1. The Morgan fingerprint density at radius 1 is 0.979 bits per heavy atom. The van der Waals surface area contributed by atoms with Crippen molar-refractivity contribution < 1.29 is 32.2 Å². The van der Waals surface area contributed by atoms with Crippen LogP contribution in [0.1, 0.15) is 58.4 Å². The Morgan fingerprint density at radius 3 is 2.28 bits per heavy atom. The minimum atomic E-state index is -4.93. The van der Waals surface area contributed by atoms with Gasteiger partial charge in [-0.15, -0.1) is 0 Å². The first kappa shape index (κ1) is 34.5. The number of alkyl halides is 3. The van der Waals surface area contributed by atoms with Crippen LogP contribution in [0.4, 0.5) is 13.2 Å². The first-order valence-electron chi connectivity index (χ1n) is 14.8. The number of aromatic nitrogens is 1. The minimum Gasteiger partial charge on any atom is -0.467 e. The van der Waals surface area contributed by atoms with Crippen molar-refractivity contribution in [3.8, 4) is 28.8 Å². The van der Waals surface area contributed by atoms with E-state index in [1.54, 1.807) is 24.3 Å². The Hall–Kier alpha value is -5.37. The summed E-state index contributed by atoms with van der Waals surface area (Å²) in [7, 11) is 1.25. The van der Waals surface area contributed by atoms with E-state index in [0.717, 1.165) is 17.2 Å². The van der Waals surface area contributed by atoms with Crippen LogP contribution in [0.3, 0.4) is 0 Å². The fourth-order valence-corrected chi connectivity index (χ4v) is 5.17. The summed E-state index contributed by atoms with van der Waals surface area (Å²) in [6.07, 6.45) is -4.53. The molecule has 1 aromatic heterocycles. The molecular weight excluding hydrogens is 611 g/mol. The van der Waals surface area contributed by atoms with Gasteiger partial charge in [0.1, 0.15) is 29.2 Å². The van der Waals surface area contributed by atoms with Gasteiger partial charge in [0, 0.05) is 5.56 Å². The fraction of sp³-hybridized carbons (Fsp3) is 0.278. The Balaban J connectivity index is 1.66. The number of carbonyl (C=O) groups excluding carboxylic acids is 2. The molecule has 0 radical (unpaired) electrons. The van der Waals surface area contributed by atoms with Gasteiger partial charge in [-0.3, -0.25) is 9.59 Å². The van der Waals surface area contributed by atoms with Gasteiger partial charge in [0.15, 0.2) is 0 Å². The standard InChI is InChI=1S/C36H34F3N3O5/c1-21(2)15-31(35(45)46-5)41-33(43)25-7-6-8-28(17-25)47-27-13-11-24(12-14-27)32-18-30(36(37,38)39)29(19-40)34(44)42(32)20-26-10-9-22(3)16-23(26)4/h6-14,16-18,21,31H,15,20H2,1-5H3,(H,41,43)/t31-/m0/s1. The predicted octanol–water partition coefficient (Wildman–Crippen LogP) is 7.18. The number of nitrogens with zero attached hydrogens (tertiary/aromatic N) is 2. The number of carbonyl (C=O) groups is 2. The van der Waals surface area contributed by atoms with E-state index in [2.05, 4.69) is 5.32 Å². The number of aryl methyl sites for hydroxylation is 2. The van der Waals surface area contributed by atoms with Crippen molar-refractivity contribution in [1.82, 2.24) is 9.88 Å². The molecule has 11 heteroatoms. The molecule has 3 aromatic carbocycles. The van der Waals surface area contributed by atoms with Gasteiger partial charge in [-0.05, 0) is 91.4 Å². The third-order valence-corrected chi connectivity index (χ3v) is 7.52. The van der Waals surface area contributed by atoms with Crippen LogP contribution in [0, 0.1) is 31.1 Å². The molecule has 47 heavy (non-hydrogen) atoms. The molecule has 0 aliphatic heterocycles. The number of halogens is 3. The van der Waals surface area contributed by atoms with Crippen molar-refractivity contribution in [3.05, 3.63) is 117 Å². The summed E-state index contributed by atoms with van der Waals surface area (Å²) in [6, 6.07) is 19.4. The van der Waals surface area contributed by atoms with Crippen LogP contribution in [0.2, 0.25) is 0 Å². The summed E-state index contributed by atoms with van der Waals surface area (Å²) in [4.78, 5) is 38.5. The molecule has 4 rings (SSSR count). The number of ether oxygens (including phenoxy) is 2. The summed E-state index contributed by atoms with van der Waals surface area (Å²) in [5.74, 6) is -0.309. The maximum Gasteiger partial charge on any atom is 0.417 e. The van der Waals surface area contributed by atoms with E-state index in [1.165, 1.54) is 48.1 Å². The highest BCUT2D eigenvalue weighted by atomic mass is 19.4. The fourth-order valence-electron chi connectivity index (χ4n) is 5.17. The molecule has 0 fully saturated rings. The maximum absolute atomic E-state index is 14.0. The van der Waals surface area contributed by atoms with E-state index in [4.69, 9.17) is 9.47 Å². The third-order valence-electron chi connectivity index (χ3n) is 7.52. The molecule has 1 N–H and O–H groups in total. The molecule has 1 amide bonds. The molecule has 1 heterocycles. The average molecular weight is 646 g/mol. The summed E-state index contributed by atoms with van der Waals surface area (Å²) < 4.78 is 53.9. The van der Waals surface area contributed by atoms with Gasteiger partial charge in [-0.1, -0.05) is 43.7 Å². The lowest BCUT2D eigenvalue weighted by atomic mass is 10.0. The first-order valence-corrected chi connectivity index (χ1v) is 14.8. The van der Waals surface area contributed by atoms with E-state index in [9.17, 15) is 32.8 Å². The Morgan fingerprint density at radius 2 is 1.68 bits per heavy atom. The molecule has 0 saturated carbocycles. The van der Waals surface area contributed by atoms with Crippen molar-refractivity contribution in [2.45, 2.75) is 52.9 Å². The number of hydrogen-bond donors (Lipinski definition) is 1. The first-order chi connectivity index (χ1) is 22.2. The number of esters is 1. The Kier molecular flexibility index (Phi) is 10.6. The molecule has 0 bridgehead atoms. The molecule has 8 nitrogen and oxygen atoms in total. The monoisotopic (exact) mass is 645 g/mol. The Labute approximate surface area is 270 Å². The van der Waals surface area contributed by atoms with Gasteiger partial charge in [0.25, 0.3) is 11.5 Å². The number of pyridine rings is 1. The quantitative estimate of drug-likeness (QED) is 0.183. The SMILES string of the molecule is COC(=O)[C@H](CC(C)C)NC(=O)c1cccc(Oc2ccc(-c3cc(C(F)(F)F)c(C#N)c(=O)n3Cc3ccc(C)cc3C)cc2)c1. The zero-order valence-corrected chi connectivity index (χ0v) is 26.6. The van der Waals surface area contributed by atoms with Gasteiger partial charge >= 0.3 is 12.1 Å². The van der Waals surface area contributed by atoms with Gasteiger partial charge in [0.05, 0.1) is 24.9 Å². The molecule has 4 aromatic rings. The van der Waals surface area contributed by atoms with Crippen molar-refractivity contribution >= 4 is 11.9 Å². The van der Waals surface area contributed by atoms with Crippen LogP contribution in [-0.4, -0.2) is 29.6 Å². The predicted molar refractivity (Wildman–Crippen MR) is 170 cm³/mol. The van der Waals surface area contributed by atoms with Crippen LogP contribution in [0.15, 0.2) is 77.6 Å². The largest absolute Gasteiger partial charge is 0.467 e. The number of nitrogens with one attached hydrogen (secondary N) is 1. The molecule has 244 valence electrons. The molecule has 0 unspecified atom stereocenters. The molecular formula is C36H34F3N3O5. The molecule has 0 aliphatic rings. The summed E-state index contributed by atoms with van der Waals surface area (Å²) in [5.41, 5.74) is -0.265. The maximum atomic E-state index is 14.0. The van der Waals surface area contributed by atoms with Crippen molar-refractivity contribution in [3.63, 3.8) is 0 Å². The lowest BCUT2D eigenvalue weighted by molar-refractivity contribution is -0.143. The van der Waals surface area contributed by atoms with E-state index in [-0.39, 0.29) is 23.7 Å². The van der Waals surface area contributed by atoms with Crippen LogP contribution in [0.25, 0.3) is 11.3 Å². The number of hydrogen-bond acceptors (Lipinski definition) is 6. The molecule has 1 atom stereocenters. The second kappa shape index (κ2) is 14.4. The average Bonchev–Trinajstić information content (AvgIpc) is 3.02. The second-order valence-electron chi connectivity index (χ2n) is 11.6. The topological polar surface area (TPSA) is 110 Å². The summed E-state index contributed by atoms with van der Waals surface area (Å²) >= 11 is 0. The molecule has 0 aliphatic carbocycles. The number of nitriles is 1. The van der Waals surface area contributed by atoms with Crippen molar-refractivity contribution in [1.29, 1.82) is 5.26 Å². The van der Waals surface area contributed by atoms with Crippen molar-refractivity contribution in [2.24, 2.45) is 5.92 Å². The van der Waals surface area contributed by atoms with E-state index in [1.807, 2.05) is 39.8 Å². The Bertz CT molecular complexity index is 1890. The zero-order valence-electron chi connectivity index (χ0n) is 26.6. The number of rotatable bonds is 10. The third kappa shape index (κ3) is 8.27. The molecule has 0 spiro atoms. The number of methoxy groups -OCH3 is 1. The normalized spacial score (nSPS) is 11.9. The lowest BCUT2D eigenvalue weighted by Crippen LogP contribution is -2.42. The van der Waals surface area contributed by atoms with Crippen LogP contribution in [0.5, 0.6) is 11.5 Å². The highest BCUT2D eigenvalue weighted by Crippen LogP contribution is 2.34. The highest BCUT2D eigenvalue weighted by Gasteiger charge is 2.36. The van der Waals surface area contributed by atoms with Gasteiger partial charge in [0.2, 0.25) is 0 Å². The van der Waals surface area contributed by atoms with Crippen LogP contribution < -0.4 is 15.6 Å². The second-order valence-corrected chi connectivity index (χ2v) is 11.6. The van der Waals surface area contributed by atoms with Gasteiger partial charge in [-0.25, -0.2) is 4.79 Å². The van der Waals surface area contributed by atoms with Crippen LogP contribution >= 0.6 is 0 Å². The van der Waals surface area contributed by atoms with E-state index < -0.39 is 40.8 Å².